The van der Waals surface area contributed by atoms with Gasteiger partial charge in [0.2, 0.25) is 0 Å². The summed E-state index contributed by atoms with van der Waals surface area (Å²) in [6.07, 6.45) is 4.34. The number of carbonyl (C=O) groups excluding carboxylic acids is 1. The Morgan fingerprint density at radius 3 is 1.97 bits per heavy atom. The molecule has 0 aliphatic carbocycles. The van der Waals surface area contributed by atoms with Crippen LogP contribution in [0.5, 0.6) is 5.75 Å². The molecule has 0 heterocycles. The number of nitrogens with zero attached hydrogens (tertiary/aromatic N) is 1. The second-order valence-corrected chi connectivity index (χ2v) is 10.1. The van der Waals surface area contributed by atoms with Gasteiger partial charge < -0.3 is 19.5 Å². The second-order valence-electron chi connectivity index (χ2n) is 10.1. The van der Waals surface area contributed by atoms with Gasteiger partial charge in [-0.15, -0.1) is 0 Å². The van der Waals surface area contributed by atoms with E-state index < -0.39 is 12.2 Å². The van der Waals surface area contributed by atoms with Gasteiger partial charge in [0.1, 0.15) is 18.1 Å². The molecule has 0 bridgehead atoms. The molecular weight excluding hydrogens is 438 g/mol. The molecule has 2 unspecified atom stereocenters. The molecule has 0 radical (unpaired) electrons. The molecule has 0 saturated carbocycles. The molecule has 5 nitrogen and oxygen atoms in total. The van der Waals surface area contributed by atoms with Crippen LogP contribution in [0, 0.1) is 5.41 Å². The van der Waals surface area contributed by atoms with Crippen LogP contribution >= 0.6 is 0 Å². The highest BCUT2D eigenvalue weighted by Crippen LogP contribution is 2.41. The zero-order valence-corrected chi connectivity index (χ0v) is 25.0. The van der Waals surface area contributed by atoms with E-state index in [-0.39, 0.29) is 17.4 Å². The molecule has 35 heavy (non-hydrogen) atoms. The van der Waals surface area contributed by atoms with Crippen molar-refractivity contribution >= 4 is 6.29 Å². The molecular formula is C30H55NO4. The van der Waals surface area contributed by atoms with Crippen molar-refractivity contribution in [3.8, 4) is 5.75 Å². The van der Waals surface area contributed by atoms with E-state index >= 15 is 0 Å². The number of hydrogen-bond acceptors (Lipinski definition) is 5. The van der Waals surface area contributed by atoms with E-state index in [2.05, 4.69) is 32.9 Å². The van der Waals surface area contributed by atoms with E-state index in [1.807, 2.05) is 79.7 Å². The third-order valence-corrected chi connectivity index (χ3v) is 5.84. The van der Waals surface area contributed by atoms with Gasteiger partial charge >= 0.3 is 0 Å². The van der Waals surface area contributed by atoms with Gasteiger partial charge in [-0.05, 0) is 82.9 Å². The summed E-state index contributed by atoms with van der Waals surface area (Å²) >= 11 is 0. The first kappa shape index (κ1) is 35.3. The molecule has 0 aliphatic heterocycles. The van der Waals surface area contributed by atoms with Gasteiger partial charge in [0.25, 0.3) is 0 Å². The van der Waals surface area contributed by atoms with Crippen molar-refractivity contribution in [2.24, 2.45) is 5.41 Å². The van der Waals surface area contributed by atoms with Crippen LogP contribution in [0.25, 0.3) is 0 Å². The van der Waals surface area contributed by atoms with Crippen molar-refractivity contribution in [2.75, 3.05) is 27.7 Å². The monoisotopic (exact) mass is 493 g/mol. The SMILES string of the molecule is C/C=C(\OC(C)C=O)C(CC)(CC)c1ccc(OCC(O)C(C)(C)C)c(CC)c1.CC.CN(C)C. The van der Waals surface area contributed by atoms with Gasteiger partial charge in [-0.25, -0.2) is 0 Å². The van der Waals surface area contributed by atoms with Crippen LogP contribution in [0.1, 0.15) is 93.2 Å². The molecule has 1 aromatic carbocycles. The fourth-order valence-electron chi connectivity index (χ4n) is 3.55. The number of allylic oxidation sites excluding steroid dienone is 2. The summed E-state index contributed by atoms with van der Waals surface area (Å²) in [6.45, 7) is 20.4. The lowest BCUT2D eigenvalue weighted by Crippen LogP contribution is -2.32. The van der Waals surface area contributed by atoms with Crippen molar-refractivity contribution in [3.05, 3.63) is 41.2 Å². The predicted molar refractivity (Wildman–Crippen MR) is 150 cm³/mol. The Morgan fingerprint density at radius 1 is 1.09 bits per heavy atom. The highest BCUT2D eigenvalue weighted by atomic mass is 16.5. The van der Waals surface area contributed by atoms with Gasteiger partial charge in [-0.3, -0.25) is 4.79 Å². The summed E-state index contributed by atoms with van der Waals surface area (Å²) in [5, 5.41) is 10.3. The molecule has 0 saturated heterocycles. The van der Waals surface area contributed by atoms with E-state index in [9.17, 15) is 9.90 Å². The van der Waals surface area contributed by atoms with Gasteiger partial charge in [-0.1, -0.05) is 67.5 Å². The molecule has 0 aromatic heterocycles. The average molecular weight is 494 g/mol. The lowest BCUT2D eigenvalue weighted by atomic mass is 9.73. The minimum absolute atomic E-state index is 0.223. The van der Waals surface area contributed by atoms with E-state index in [0.717, 1.165) is 48.2 Å². The van der Waals surface area contributed by atoms with Crippen molar-refractivity contribution in [1.29, 1.82) is 0 Å². The van der Waals surface area contributed by atoms with Crippen LogP contribution in [-0.4, -0.2) is 56.3 Å². The van der Waals surface area contributed by atoms with Crippen molar-refractivity contribution in [3.63, 3.8) is 0 Å². The Balaban J connectivity index is 0. The fourth-order valence-corrected chi connectivity index (χ4v) is 3.55. The van der Waals surface area contributed by atoms with Crippen LogP contribution in [0.15, 0.2) is 30.0 Å². The van der Waals surface area contributed by atoms with Crippen molar-refractivity contribution in [2.45, 2.75) is 106 Å². The standard InChI is InChI=1S/C25H40O4.C3H9N.C2H6/c1-9-19-15-20(13-14-21(19)28-17-22(27)24(6,7)8)25(11-3,12-4)23(10-2)29-18(5)16-26;1-4(2)3;1-2/h10,13-16,18,22,27H,9,11-12,17H2,1-8H3;1-3H3;1-2H3/b23-10-;;. The molecule has 1 N–H and O–H groups in total. The molecule has 0 amide bonds. The lowest BCUT2D eigenvalue weighted by molar-refractivity contribution is -0.115. The molecule has 2 atom stereocenters. The number of benzene rings is 1. The van der Waals surface area contributed by atoms with Crippen LogP contribution in [-0.2, 0) is 21.4 Å². The third-order valence-electron chi connectivity index (χ3n) is 5.84. The topological polar surface area (TPSA) is 59.0 Å². The molecule has 1 aromatic rings. The number of aliphatic hydroxyl groups is 1. The third kappa shape index (κ3) is 11.6. The van der Waals surface area contributed by atoms with Crippen molar-refractivity contribution in [1.82, 2.24) is 4.90 Å². The van der Waals surface area contributed by atoms with Gasteiger partial charge in [0.15, 0.2) is 12.4 Å². The second kappa shape index (κ2) is 17.6. The number of ether oxygens (including phenoxy) is 2. The average Bonchev–Trinajstić information content (AvgIpc) is 2.82. The number of aldehydes is 1. The zero-order chi connectivity index (χ0) is 27.8. The Labute approximate surface area is 216 Å². The van der Waals surface area contributed by atoms with Gasteiger partial charge in [0, 0.05) is 0 Å². The molecule has 1 rings (SSSR count). The van der Waals surface area contributed by atoms with Crippen LogP contribution in [0.3, 0.4) is 0 Å². The van der Waals surface area contributed by atoms with Crippen LogP contribution in [0.4, 0.5) is 0 Å². The summed E-state index contributed by atoms with van der Waals surface area (Å²) in [5.41, 5.74) is 1.75. The highest BCUT2D eigenvalue weighted by molar-refractivity contribution is 5.55. The number of aliphatic hydroxyl groups excluding tert-OH is 1. The first-order chi connectivity index (χ1) is 16.3. The van der Waals surface area contributed by atoms with Crippen molar-refractivity contribution < 1.29 is 19.4 Å². The van der Waals surface area contributed by atoms with Crippen LogP contribution in [0.2, 0.25) is 0 Å². The number of carbonyl (C=O) groups is 1. The highest BCUT2D eigenvalue weighted by Gasteiger charge is 2.35. The Morgan fingerprint density at radius 2 is 1.60 bits per heavy atom. The van der Waals surface area contributed by atoms with Gasteiger partial charge in [0.05, 0.1) is 11.5 Å². The van der Waals surface area contributed by atoms with Crippen LogP contribution < -0.4 is 4.74 Å². The Hall–Kier alpha value is -1.85. The van der Waals surface area contributed by atoms with E-state index in [1.54, 1.807) is 6.92 Å². The number of hydrogen-bond donors (Lipinski definition) is 1. The minimum Gasteiger partial charge on any atom is -0.491 e. The summed E-state index contributed by atoms with van der Waals surface area (Å²) in [6, 6.07) is 6.27. The fraction of sp³-hybridized carbons (Fsp3) is 0.700. The van der Waals surface area contributed by atoms with E-state index in [1.165, 1.54) is 0 Å². The molecule has 204 valence electrons. The predicted octanol–water partition coefficient (Wildman–Crippen LogP) is 6.80. The lowest BCUT2D eigenvalue weighted by Gasteiger charge is -2.36. The quantitative estimate of drug-likeness (QED) is 0.271. The maximum absolute atomic E-state index is 11.1. The molecule has 0 spiro atoms. The minimum atomic E-state index is -0.537. The molecule has 5 heteroatoms. The summed E-state index contributed by atoms with van der Waals surface area (Å²) < 4.78 is 12.0. The normalized spacial score (nSPS) is 13.6. The smallest absolute Gasteiger partial charge is 0.160 e. The van der Waals surface area contributed by atoms with Gasteiger partial charge in [-0.2, -0.15) is 0 Å². The number of rotatable bonds is 11. The first-order valence-electron chi connectivity index (χ1n) is 13.2. The summed E-state index contributed by atoms with van der Waals surface area (Å²) in [4.78, 5) is 13.1. The maximum atomic E-state index is 11.1. The largest absolute Gasteiger partial charge is 0.491 e. The Bertz CT molecular complexity index is 728. The zero-order valence-electron chi connectivity index (χ0n) is 25.0. The van der Waals surface area contributed by atoms with E-state index in [4.69, 9.17) is 9.47 Å². The summed E-state index contributed by atoms with van der Waals surface area (Å²) in [5.74, 6) is 1.64. The Kier molecular flexibility index (Phi) is 17.7. The summed E-state index contributed by atoms with van der Waals surface area (Å²) in [7, 11) is 6.00. The number of aryl methyl sites for hydroxylation is 1. The maximum Gasteiger partial charge on any atom is 0.160 e. The first-order valence-corrected chi connectivity index (χ1v) is 13.2. The molecule has 0 fully saturated rings. The molecule has 0 aliphatic rings. The van der Waals surface area contributed by atoms with E-state index in [0.29, 0.717) is 0 Å².